The van der Waals surface area contributed by atoms with Gasteiger partial charge in [-0.1, -0.05) is 29.3 Å². The third-order valence-electron chi connectivity index (χ3n) is 7.16. The molecule has 0 radical (unpaired) electrons. The standard InChI is InChI=1S/C30H38N2O6S/c1-19(2)37-28(33)30(29(34)38-20(3)4)16-24(30)18-32(39(35,36)25-10-7-21(5)8-11-25)14-13-23-17-31-27-12-9-22(6)15-26(23)27/h7-12,15,17,19-20,24,31H,13-14,16,18H2,1-6H3. The highest BCUT2D eigenvalue weighted by atomic mass is 32.2. The largest absolute Gasteiger partial charge is 0.462 e. The molecule has 0 amide bonds. The maximum atomic E-state index is 13.9. The highest BCUT2D eigenvalue weighted by Crippen LogP contribution is 2.55. The summed E-state index contributed by atoms with van der Waals surface area (Å²) in [4.78, 5) is 29.7. The predicted molar refractivity (Wildman–Crippen MR) is 150 cm³/mol. The zero-order chi connectivity index (χ0) is 28.5. The first-order chi connectivity index (χ1) is 18.3. The number of rotatable bonds is 11. The van der Waals surface area contributed by atoms with Crippen LogP contribution >= 0.6 is 0 Å². The number of hydrogen-bond donors (Lipinski definition) is 1. The molecule has 210 valence electrons. The van der Waals surface area contributed by atoms with Crippen molar-refractivity contribution < 1.29 is 27.5 Å². The number of aromatic amines is 1. The Balaban J connectivity index is 1.65. The molecule has 0 spiro atoms. The van der Waals surface area contributed by atoms with Crippen LogP contribution in [0.4, 0.5) is 0 Å². The molecule has 0 saturated heterocycles. The van der Waals surface area contributed by atoms with E-state index in [1.807, 2.05) is 32.2 Å². The number of nitrogens with zero attached hydrogens (tertiary/aromatic N) is 1. The van der Waals surface area contributed by atoms with Crippen molar-refractivity contribution >= 4 is 32.9 Å². The molecule has 1 aliphatic rings. The van der Waals surface area contributed by atoms with Crippen molar-refractivity contribution in [2.45, 2.75) is 71.5 Å². The quantitative estimate of drug-likeness (QED) is 0.266. The Kier molecular flexibility index (Phi) is 8.23. The summed E-state index contributed by atoms with van der Waals surface area (Å²) in [5.41, 5.74) is 2.54. The second kappa shape index (κ2) is 11.1. The Morgan fingerprint density at radius 1 is 0.974 bits per heavy atom. The summed E-state index contributed by atoms with van der Waals surface area (Å²) >= 11 is 0. The fourth-order valence-electron chi connectivity index (χ4n) is 4.93. The number of nitrogens with one attached hydrogen (secondary N) is 1. The lowest BCUT2D eigenvalue weighted by molar-refractivity contribution is -0.170. The predicted octanol–water partition coefficient (Wildman–Crippen LogP) is 4.93. The molecule has 1 aliphatic carbocycles. The van der Waals surface area contributed by atoms with Gasteiger partial charge in [0, 0.05) is 36.1 Å². The molecule has 4 rings (SSSR count). The van der Waals surface area contributed by atoms with Crippen LogP contribution in [-0.2, 0) is 35.5 Å². The van der Waals surface area contributed by atoms with E-state index in [1.54, 1.807) is 52.0 Å². The van der Waals surface area contributed by atoms with E-state index in [0.717, 1.165) is 27.6 Å². The second-order valence-electron chi connectivity index (χ2n) is 11.1. The van der Waals surface area contributed by atoms with E-state index in [-0.39, 0.29) is 24.4 Å². The molecule has 1 atom stereocenters. The third-order valence-corrected chi connectivity index (χ3v) is 9.03. The Labute approximate surface area is 230 Å². The SMILES string of the molecule is Cc1ccc(S(=O)(=O)N(CCc2c[nH]c3ccc(C)cc23)CC2CC2(C(=O)OC(C)C)C(=O)OC(C)C)cc1. The Bertz CT molecular complexity index is 1430. The van der Waals surface area contributed by atoms with E-state index in [1.165, 1.54) is 4.31 Å². The van der Waals surface area contributed by atoms with Gasteiger partial charge in [0.25, 0.3) is 0 Å². The molecule has 2 aromatic carbocycles. The monoisotopic (exact) mass is 554 g/mol. The molecule has 9 heteroatoms. The molecule has 1 fully saturated rings. The highest BCUT2D eigenvalue weighted by molar-refractivity contribution is 7.89. The van der Waals surface area contributed by atoms with E-state index in [9.17, 15) is 18.0 Å². The fourth-order valence-corrected chi connectivity index (χ4v) is 6.42. The minimum Gasteiger partial charge on any atom is -0.462 e. The smallest absolute Gasteiger partial charge is 0.324 e. The van der Waals surface area contributed by atoms with Gasteiger partial charge in [-0.25, -0.2) is 8.42 Å². The molecule has 1 heterocycles. The molecule has 1 N–H and O–H groups in total. The van der Waals surface area contributed by atoms with Gasteiger partial charge in [0.1, 0.15) is 0 Å². The van der Waals surface area contributed by atoms with Gasteiger partial charge in [0.05, 0.1) is 17.1 Å². The van der Waals surface area contributed by atoms with Crippen molar-refractivity contribution in [3.05, 3.63) is 65.4 Å². The first-order valence-electron chi connectivity index (χ1n) is 13.4. The number of aryl methyl sites for hydroxylation is 2. The number of fused-ring (bicyclic) bond motifs is 1. The van der Waals surface area contributed by atoms with Crippen molar-refractivity contribution in [1.29, 1.82) is 0 Å². The maximum absolute atomic E-state index is 13.9. The summed E-state index contributed by atoms with van der Waals surface area (Å²) in [7, 11) is -3.92. The van der Waals surface area contributed by atoms with Crippen LogP contribution in [0.3, 0.4) is 0 Å². The zero-order valence-electron chi connectivity index (χ0n) is 23.5. The molecular formula is C30H38N2O6S. The van der Waals surface area contributed by atoms with Gasteiger partial charge in [-0.05, 0) is 84.2 Å². The van der Waals surface area contributed by atoms with Gasteiger partial charge in [-0.2, -0.15) is 4.31 Å². The number of carbonyl (C=O) groups excluding carboxylic acids is 2. The van der Waals surface area contributed by atoms with Gasteiger partial charge in [-0.3, -0.25) is 9.59 Å². The average Bonchev–Trinajstić information content (AvgIpc) is 3.46. The van der Waals surface area contributed by atoms with Crippen LogP contribution in [0.5, 0.6) is 0 Å². The molecule has 0 aliphatic heterocycles. The molecular weight excluding hydrogens is 516 g/mol. The normalized spacial score (nSPS) is 16.7. The minimum atomic E-state index is -3.92. The molecule has 1 aromatic heterocycles. The molecule has 3 aromatic rings. The first kappa shape index (κ1) is 28.8. The minimum absolute atomic E-state index is 0.00200. The maximum Gasteiger partial charge on any atom is 0.324 e. The van der Waals surface area contributed by atoms with Crippen molar-refractivity contribution in [2.75, 3.05) is 13.1 Å². The fraction of sp³-hybridized carbons (Fsp3) is 0.467. The number of sulfonamides is 1. The van der Waals surface area contributed by atoms with E-state index in [2.05, 4.69) is 11.1 Å². The molecule has 1 saturated carbocycles. The summed E-state index contributed by atoms with van der Waals surface area (Å²) in [6, 6.07) is 12.8. The zero-order valence-corrected chi connectivity index (χ0v) is 24.3. The van der Waals surface area contributed by atoms with Crippen LogP contribution in [0.25, 0.3) is 10.9 Å². The Morgan fingerprint density at radius 3 is 2.15 bits per heavy atom. The lowest BCUT2D eigenvalue weighted by Gasteiger charge is -2.24. The van der Waals surface area contributed by atoms with Crippen molar-refractivity contribution in [1.82, 2.24) is 9.29 Å². The lowest BCUT2D eigenvalue weighted by atomic mass is 10.0. The topological polar surface area (TPSA) is 106 Å². The van der Waals surface area contributed by atoms with Gasteiger partial charge >= 0.3 is 11.9 Å². The number of carbonyl (C=O) groups is 2. The first-order valence-corrected chi connectivity index (χ1v) is 14.8. The molecule has 8 nitrogen and oxygen atoms in total. The van der Waals surface area contributed by atoms with Crippen molar-refractivity contribution in [3.63, 3.8) is 0 Å². The summed E-state index contributed by atoms with van der Waals surface area (Å²) < 4.78 is 40.0. The van der Waals surface area contributed by atoms with Crippen LogP contribution in [0.15, 0.2) is 53.6 Å². The van der Waals surface area contributed by atoms with E-state index < -0.39 is 45.5 Å². The highest BCUT2D eigenvalue weighted by Gasteiger charge is 2.69. The number of hydrogen-bond acceptors (Lipinski definition) is 6. The van der Waals surface area contributed by atoms with Gasteiger partial charge in [0.2, 0.25) is 10.0 Å². The van der Waals surface area contributed by atoms with Crippen LogP contribution in [0, 0.1) is 25.2 Å². The lowest BCUT2D eigenvalue weighted by Crippen LogP contribution is -2.39. The summed E-state index contributed by atoms with van der Waals surface area (Å²) in [5.74, 6) is -1.87. The molecule has 39 heavy (non-hydrogen) atoms. The number of benzene rings is 2. The second-order valence-corrected chi connectivity index (χ2v) is 13.0. The average molecular weight is 555 g/mol. The Morgan fingerprint density at radius 2 is 1.56 bits per heavy atom. The number of H-pyrrole nitrogens is 1. The van der Waals surface area contributed by atoms with Crippen LogP contribution in [0.1, 0.15) is 50.8 Å². The van der Waals surface area contributed by atoms with E-state index in [0.29, 0.717) is 6.42 Å². The van der Waals surface area contributed by atoms with Gasteiger partial charge in [0.15, 0.2) is 5.41 Å². The number of aromatic nitrogens is 1. The third kappa shape index (κ3) is 6.04. The van der Waals surface area contributed by atoms with Crippen LogP contribution < -0.4 is 0 Å². The molecule has 0 bridgehead atoms. The summed E-state index contributed by atoms with van der Waals surface area (Å²) in [6.45, 7) is 11.0. The number of ether oxygens (including phenoxy) is 2. The Hall–Kier alpha value is -3.17. The summed E-state index contributed by atoms with van der Waals surface area (Å²) in [5, 5.41) is 1.05. The van der Waals surface area contributed by atoms with Crippen molar-refractivity contribution in [2.24, 2.45) is 11.3 Å². The van der Waals surface area contributed by atoms with Crippen LogP contribution in [-0.4, -0.2) is 54.9 Å². The van der Waals surface area contributed by atoms with Gasteiger partial charge in [-0.15, -0.1) is 0 Å². The summed E-state index contributed by atoms with van der Waals surface area (Å²) in [6.07, 6.45) is 1.71. The molecule has 1 unspecified atom stereocenters. The van der Waals surface area contributed by atoms with E-state index in [4.69, 9.17) is 9.47 Å². The number of esters is 2. The van der Waals surface area contributed by atoms with E-state index >= 15 is 0 Å². The van der Waals surface area contributed by atoms with Crippen LogP contribution in [0.2, 0.25) is 0 Å². The van der Waals surface area contributed by atoms with Gasteiger partial charge < -0.3 is 14.5 Å². The van der Waals surface area contributed by atoms with Crippen molar-refractivity contribution in [3.8, 4) is 0 Å².